The van der Waals surface area contributed by atoms with E-state index in [1.807, 2.05) is 4.90 Å². The van der Waals surface area contributed by atoms with Crippen molar-refractivity contribution >= 4 is 28.6 Å². The molecule has 0 aromatic heterocycles. The van der Waals surface area contributed by atoms with E-state index in [0.29, 0.717) is 0 Å². The third-order valence-corrected chi connectivity index (χ3v) is 4.46. The summed E-state index contributed by atoms with van der Waals surface area (Å²) in [4.78, 5) is 15.4. The van der Waals surface area contributed by atoms with Crippen LogP contribution in [0.25, 0.3) is 0 Å². The monoisotopic (exact) mass is 378 g/mol. The number of nitrogens with zero attached hydrogens (tertiary/aromatic N) is 4. The molecule has 0 spiro atoms. The van der Waals surface area contributed by atoms with Crippen molar-refractivity contribution in [3.05, 3.63) is 11.9 Å². The van der Waals surface area contributed by atoms with Gasteiger partial charge in [0, 0.05) is 32.6 Å². The van der Waals surface area contributed by atoms with E-state index in [1.165, 1.54) is 0 Å². The highest BCUT2D eigenvalue weighted by atomic mass is 127. The van der Waals surface area contributed by atoms with E-state index >= 15 is 0 Å². The molecule has 1 unspecified atom stereocenters. The van der Waals surface area contributed by atoms with Gasteiger partial charge in [-0.2, -0.15) is 5.11 Å². The van der Waals surface area contributed by atoms with E-state index in [-0.39, 0.29) is 4.05 Å². The number of azo groups is 1. The number of halogens is 1. The van der Waals surface area contributed by atoms with E-state index in [1.54, 1.807) is 13.8 Å². The summed E-state index contributed by atoms with van der Waals surface area (Å²) in [5.74, 6) is 0.158. The van der Waals surface area contributed by atoms with Crippen molar-refractivity contribution in [3.63, 3.8) is 0 Å². The van der Waals surface area contributed by atoms with Crippen molar-refractivity contribution < 1.29 is 9.90 Å². The molecule has 19 heavy (non-hydrogen) atoms. The first-order valence-electron chi connectivity index (χ1n) is 6.40. The Morgan fingerprint density at radius 3 is 2.53 bits per heavy atom. The lowest BCUT2D eigenvalue weighted by molar-refractivity contribution is -0.150. The molecule has 0 radical (unpaired) electrons. The van der Waals surface area contributed by atoms with E-state index in [0.717, 1.165) is 38.4 Å². The maximum atomic E-state index is 11.2. The number of rotatable bonds is 3. The fraction of sp³-hybridized carbons (Fsp3) is 0.750. The quantitative estimate of drug-likeness (QED) is 0.463. The lowest BCUT2D eigenvalue weighted by atomic mass is 10.0. The molecule has 0 bridgehead atoms. The topological polar surface area (TPSA) is 68.5 Å². The highest BCUT2D eigenvalue weighted by molar-refractivity contribution is 14.1. The summed E-state index contributed by atoms with van der Waals surface area (Å²) in [6.45, 7) is 6.58. The molecule has 106 valence electrons. The third kappa shape index (κ3) is 3.25. The molecule has 0 aliphatic carbocycles. The minimum Gasteiger partial charge on any atom is -0.480 e. The molecule has 1 N–H and O–H groups in total. The van der Waals surface area contributed by atoms with Crippen LogP contribution in [0.3, 0.4) is 0 Å². The minimum absolute atomic E-state index is 0.244. The van der Waals surface area contributed by atoms with Crippen LogP contribution in [0.2, 0.25) is 0 Å². The van der Waals surface area contributed by atoms with Gasteiger partial charge in [-0.3, -0.25) is 9.69 Å². The first kappa shape index (κ1) is 14.7. The highest BCUT2D eigenvalue weighted by Gasteiger charge is 2.36. The molecule has 1 saturated heterocycles. The Morgan fingerprint density at radius 1 is 1.42 bits per heavy atom. The van der Waals surface area contributed by atoms with Gasteiger partial charge in [0.05, 0.1) is 0 Å². The Labute approximate surface area is 126 Å². The third-order valence-electron chi connectivity index (χ3n) is 3.70. The van der Waals surface area contributed by atoms with Crippen LogP contribution in [0.4, 0.5) is 0 Å². The number of alkyl halides is 1. The summed E-state index contributed by atoms with van der Waals surface area (Å²) in [6.07, 6.45) is 3.03. The van der Waals surface area contributed by atoms with Gasteiger partial charge in [-0.1, -0.05) is 22.6 Å². The zero-order chi connectivity index (χ0) is 14.0. The Balaban J connectivity index is 1.93. The van der Waals surface area contributed by atoms with Crippen molar-refractivity contribution in [1.29, 1.82) is 0 Å². The summed E-state index contributed by atoms with van der Waals surface area (Å²) < 4.78 is 0.244. The normalized spacial score (nSPS) is 25.3. The zero-order valence-corrected chi connectivity index (χ0v) is 13.4. The Morgan fingerprint density at radius 2 is 2.05 bits per heavy atom. The lowest BCUT2D eigenvalue weighted by Crippen LogP contribution is -2.57. The SMILES string of the molecule is CC(C)(C(=O)O)N1CCN(C2=CCC(I)N=N2)CC1. The molecular weight excluding hydrogens is 359 g/mol. The van der Waals surface area contributed by atoms with Crippen LogP contribution in [-0.4, -0.2) is 56.6 Å². The first-order valence-corrected chi connectivity index (χ1v) is 7.64. The molecule has 2 aliphatic heterocycles. The van der Waals surface area contributed by atoms with Gasteiger partial charge in [-0.15, -0.1) is 5.11 Å². The Kier molecular flexibility index (Phi) is 4.44. The molecule has 7 heteroatoms. The fourth-order valence-electron chi connectivity index (χ4n) is 2.23. The second-order valence-electron chi connectivity index (χ2n) is 5.29. The summed E-state index contributed by atoms with van der Waals surface area (Å²) in [7, 11) is 0. The summed E-state index contributed by atoms with van der Waals surface area (Å²) >= 11 is 2.26. The number of carboxylic acids is 1. The first-order chi connectivity index (χ1) is 8.91. The molecule has 1 fully saturated rings. The largest absolute Gasteiger partial charge is 0.480 e. The average molecular weight is 378 g/mol. The maximum Gasteiger partial charge on any atom is 0.323 e. The molecule has 0 aromatic rings. The number of carbonyl (C=O) groups is 1. The second-order valence-corrected chi connectivity index (χ2v) is 6.72. The van der Waals surface area contributed by atoms with Gasteiger partial charge < -0.3 is 10.0 Å². The predicted molar refractivity (Wildman–Crippen MR) is 80.2 cm³/mol. The van der Waals surface area contributed by atoms with Gasteiger partial charge in [0.25, 0.3) is 0 Å². The average Bonchev–Trinajstić information content (AvgIpc) is 2.39. The molecule has 2 heterocycles. The van der Waals surface area contributed by atoms with E-state index in [2.05, 4.69) is 43.8 Å². The van der Waals surface area contributed by atoms with Crippen molar-refractivity contribution in [1.82, 2.24) is 9.80 Å². The van der Waals surface area contributed by atoms with Crippen LogP contribution in [0.1, 0.15) is 20.3 Å². The number of aliphatic carboxylic acids is 1. The Hall–Kier alpha value is -0.700. The molecule has 0 aromatic carbocycles. The smallest absolute Gasteiger partial charge is 0.323 e. The van der Waals surface area contributed by atoms with Crippen molar-refractivity contribution in [2.75, 3.05) is 26.2 Å². The minimum atomic E-state index is -0.804. The summed E-state index contributed by atoms with van der Waals surface area (Å²) in [5.41, 5.74) is -0.804. The molecule has 2 aliphatic rings. The number of hydrogen-bond acceptors (Lipinski definition) is 5. The van der Waals surface area contributed by atoms with Gasteiger partial charge in [0.15, 0.2) is 0 Å². The molecule has 1 atom stereocenters. The second kappa shape index (κ2) is 5.74. The highest BCUT2D eigenvalue weighted by Crippen LogP contribution is 2.23. The van der Waals surface area contributed by atoms with Crippen LogP contribution in [-0.2, 0) is 4.79 Å². The van der Waals surface area contributed by atoms with Crippen LogP contribution < -0.4 is 0 Å². The van der Waals surface area contributed by atoms with Gasteiger partial charge in [0.1, 0.15) is 15.4 Å². The van der Waals surface area contributed by atoms with Gasteiger partial charge >= 0.3 is 5.97 Å². The van der Waals surface area contributed by atoms with Gasteiger partial charge in [0.2, 0.25) is 0 Å². The zero-order valence-electron chi connectivity index (χ0n) is 11.2. The standard InChI is InChI=1S/C12H19IN4O2/c1-12(2,11(18)19)17-7-5-16(6-8-17)10-4-3-9(13)14-15-10/h4,9H,3,5-8H2,1-2H3,(H,18,19). The van der Waals surface area contributed by atoms with E-state index < -0.39 is 11.5 Å². The van der Waals surface area contributed by atoms with E-state index in [9.17, 15) is 9.90 Å². The van der Waals surface area contributed by atoms with Gasteiger partial charge in [-0.25, -0.2) is 0 Å². The van der Waals surface area contributed by atoms with Crippen LogP contribution in [0, 0.1) is 0 Å². The van der Waals surface area contributed by atoms with Crippen LogP contribution in [0.15, 0.2) is 22.1 Å². The Bertz CT molecular complexity index is 414. The predicted octanol–water partition coefficient (Wildman–Crippen LogP) is 1.93. The number of carboxylic acid groups (broad SMARTS) is 1. The maximum absolute atomic E-state index is 11.2. The van der Waals surface area contributed by atoms with Crippen molar-refractivity contribution in [3.8, 4) is 0 Å². The van der Waals surface area contributed by atoms with Crippen molar-refractivity contribution in [2.24, 2.45) is 10.2 Å². The summed E-state index contributed by atoms with van der Waals surface area (Å²) in [6, 6.07) is 0. The summed E-state index contributed by atoms with van der Waals surface area (Å²) in [5, 5.41) is 17.6. The molecule has 2 rings (SSSR count). The van der Waals surface area contributed by atoms with Crippen LogP contribution >= 0.6 is 22.6 Å². The number of piperazine rings is 1. The molecule has 6 nitrogen and oxygen atoms in total. The molecule has 0 saturated carbocycles. The van der Waals surface area contributed by atoms with Gasteiger partial charge in [-0.05, 0) is 19.9 Å². The lowest BCUT2D eigenvalue weighted by Gasteiger charge is -2.42. The number of hydrogen-bond donors (Lipinski definition) is 1. The molecular formula is C12H19IN4O2. The van der Waals surface area contributed by atoms with E-state index in [4.69, 9.17) is 0 Å². The van der Waals surface area contributed by atoms with Crippen molar-refractivity contribution in [2.45, 2.75) is 29.9 Å². The fourth-order valence-corrected chi connectivity index (χ4v) is 2.61. The molecule has 0 amide bonds. The van der Waals surface area contributed by atoms with Crippen LogP contribution in [0.5, 0.6) is 0 Å².